The highest BCUT2D eigenvalue weighted by Crippen LogP contribution is 2.24. The van der Waals surface area contributed by atoms with Crippen molar-refractivity contribution in [1.29, 1.82) is 0 Å². The Bertz CT molecular complexity index is 738. The maximum absolute atomic E-state index is 6.07. The van der Waals surface area contributed by atoms with E-state index < -0.39 is 0 Å². The van der Waals surface area contributed by atoms with E-state index >= 15 is 0 Å². The van der Waals surface area contributed by atoms with E-state index in [1.807, 2.05) is 17.7 Å². The van der Waals surface area contributed by atoms with Crippen LogP contribution in [0.4, 0.5) is 0 Å². The summed E-state index contributed by atoms with van der Waals surface area (Å²) in [7, 11) is 3.61. The van der Waals surface area contributed by atoms with Gasteiger partial charge in [0, 0.05) is 32.8 Å². The minimum Gasteiger partial charge on any atom is -0.351 e. The monoisotopic (exact) mass is 483 g/mol. The van der Waals surface area contributed by atoms with Gasteiger partial charge in [-0.25, -0.2) is 0 Å². The van der Waals surface area contributed by atoms with Crippen molar-refractivity contribution in [3.05, 3.63) is 33.6 Å². The fraction of sp³-hybridized carbons (Fsp3) is 0.500. The molecule has 10 heteroatoms. The number of guanidine groups is 1. The number of aromatic nitrogens is 4. The molecule has 3 rings (SSSR count). The van der Waals surface area contributed by atoms with Crippen LogP contribution in [0.3, 0.4) is 0 Å². The van der Waals surface area contributed by atoms with E-state index in [1.165, 1.54) is 0 Å². The van der Waals surface area contributed by atoms with Crippen LogP contribution >= 0.6 is 47.2 Å². The number of hydrogen-bond donors (Lipinski definition) is 2. The summed E-state index contributed by atoms with van der Waals surface area (Å²) in [5, 5.41) is 16.0. The molecule has 2 aromatic rings. The topological polar surface area (TPSA) is 72.1 Å². The number of rotatable bonds is 4. The first kappa shape index (κ1) is 19.3. The first-order valence-corrected chi connectivity index (χ1v) is 8.20. The van der Waals surface area contributed by atoms with E-state index in [0.29, 0.717) is 29.2 Å². The highest BCUT2D eigenvalue weighted by atomic mass is 127. The van der Waals surface area contributed by atoms with Crippen molar-refractivity contribution in [2.24, 2.45) is 12.0 Å². The average Bonchev–Trinajstić information content (AvgIpc) is 3.21. The molecule has 132 valence electrons. The van der Waals surface area contributed by atoms with Crippen molar-refractivity contribution >= 4 is 53.1 Å². The normalized spacial score (nSPS) is 13.6. The molecular weight excluding hydrogens is 464 g/mol. The molecule has 0 aliphatic carbocycles. The van der Waals surface area contributed by atoms with Crippen LogP contribution in [-0.4, -0.2) is 32.3 Å². The molecule has 2 aromatic heterocycles. The van der Waals surface area contributed by atoms with Crippen molar-refractivity contribution in [3.8, 4) is 0 Å². The van der Waals surface area contributed by atoms with Crippen LogP contribution in [0.2, 0.25) is 10.2 Å². The molecule has 0 spiro atoms. The molecule has 0 bridgehead atoms. The Morgan fingerprint density at radius 1 is 1.29 bits per heavy atom. The molecule has 24 heavy (non-hydrogen) atoms. The highest BCUT2D eigenvalue weighted by molar-refractivity contribution is 14.0. The molecule has 0 radical (unpaired) electrons. The van der Waals surface area contributed by atoms with Crippen LogP contribution in [0.15, 0.2) is 11.1 Å². The summed E-state index contributed by atoms with van der Waals surface area (Å²) in [6, 6.07) is 1.84. The van der Waals surface area contributed by atoms with Crippen LogP contribution < -0.4 is 10.6 Å². The molecule has 0 saturated heterocycles. The third kappa shape index (κ3) is 3.97. The second-order valence-corrected chi connectivity index (χ2v) is 6.17. The summed E-state index contributed by atoms with van der Waals surface area (Å²) in [6.07, 6.45) is 2.15. The van der Waals surface area contributed by atoms with Crippen molar-refractivity contribution in [1.82, 2.24) is 30.0 Å². The number of fused-ring (bicyclic) bond motifs is 1. The van der Waals surface area contributed by atoms with Gasteiger partial charge in [0.1, 0.15) is 11.0 Å². The van der Waals surface area contributed by atoms with Gasteiger partial charge in [0.25, 0.3) is 0 Å². The average molecular weight is 484 g/mol. The number of nitrogens with one attached hydrogen (secondary N) is 2. The van der Waals surface area contributed by atoms with E-state index in [4.69, 9.17) is 23.2 Å². The van der Waals surface area contributed by atoms with Gasteiger partial charge in [-0.2, -0.15) is 0 Å². The molecule has 3 heterocycles. The summed E-state index contributed by atoms with van der Waals surface area (Å²) in [6.45, 7) is 2.15. The molecule has 0 unspecified atom stereocenters. The number of nitrogens with zero attached hydrogens (tertiary/aromatic N) is 5. The van der Waals surface area contributed by atoms with Crippen LogP contribution in [0.1, 0.15) is 23.8 Å². The second kappa shape index (κ2) is 8.39. The zero-order valence-corrected chi connectivity index (χ0v) is 17.4. The quantitative estimate of drug-likeness (QED) is 0.398. The Morgan fingerprint density at radius 2 is 2.04 bits per heavy atom. The molecule has 0 aromatic carbocycles. The summed E-state index contributed by atoms with van der Waals surface area (Å²) >= 11 is 12.1. The zero-order valence-electron chi connectivity index (χ0n) is 13.5. The fourth-order valence-corrected chi connectivity index (χ4v) is 3.07. The lowest BCUT2D eigenvalue weighted by Gasteiger charge is -2.12. The summed E-state index contributed by atoms with van der Waals surface area (Å²) in [5.74, 6) is 2.69. The summed E-state index contributed by atoms with van der Waals surface area (Å²) in [4.78, 5) is 4.22. The smallest absolute Gasteiger partial charge is 0.191 e. The molecule has 2 N–H and O–H groups in total. The molecule has 0 atom stereocenters. The molecular formula is C14H20Cl2IN7. The molecule has 0 saturated carbocycles. The SMILES string of the molecule is CN=C(NCc1cc(Cl)c(Cl)n1C)NCc1nnc2n1CCC2.I. The Labute approximate surface area is 167 Å². The van der Waals surface area contributed by atoms with Gasteiger partial charge < -0.3 is 19.8 Å². The molecule has 1 aliphatic rings. The number of aryl methyl sites for hydroxylation is 1. The Hall–Kier alpha value is -1.000. The lowest BCUT2D eigenvalue weighted by atomic mass is 10.4. The van der Waals surface area contributed by atoms with Gasteiger partial charge in [-0.15, -0.1) is 34.2 Å². The van der Waals surface area contributed by atoms with E-state index in [9.17, 15) is 0 Å². The maximum Gasteiger partial charge on any atom is 0.191 e. The van der Waals surface area contributed by atoms with Gasteiger partial charge in [-0.3, -0.25) is 4.99 Å². The van der Waals surface area contributed by atoms with Crippen LogP contribution in [0.5, 0.6) is 0 Å². The third-order valence-electron chi connectivity index (χ3n) is 3.98. The zero-order chi connectivity index (χ0) is 16.4. The van der Waals surface area contributed by atoms with Gasteiger partial charge in [0.05, 0.1) is 18.1 Å². The predicted molar refractivity (Wildman–Crippen MR) is 106 cm³/mol. The lowest BCUT2D eigenvalue weighted by Crippen LogP contribution is -2.37. The van der Waals surface area contributed by atoms with Crippen molar-refractivity contribution in [2.45, 2.75) is 32.5 Å². The molecule has 0 amide bonds. The molecule has 1 aliphatic heterocycles. The second-order valence-electron chi connectivity index (χ2n) is 5.40. The van der Waals surface area contributed by atoms with Gasteiger partial charge in [-0.05, 0) is 12.5 Å². The standard InChI is InChI=1S/C14H19Cl2N7.HI/c1-17-14(18-7-9-6-10(15)13(16)22(9)2)19-8-12-21-20-11-4-3-5-23(11)12;/h6H,3-5,7-8H2,1-2H3,(H2,17,18,19);1H. The van der Waals surface area contributed by atoms with Crippen LogP contribution in [-0.2, 0) is 33.1 Å². The fourth-order valence-electron chi connectivity index (χ4n) is 2.66. The van der Waals surface area contributed by atoms with E-state index in [1.54, 1.807) is 7.05 Å². The number of aliphatic imine (C=N–C) groups is 1. The lowest BCUT2D eigenvalue weighted by molar-refractivity contribution is 0.660. The van der Waals surface area contributed by atoms with Gasteiger partial charge in [0.15, 0.2) is 11.8 Å². The van der Waals surface area contributed by atoms with Crippen molar-refractivity contribution < 1.29 is 0 Å². The van der Waals surface area contributed by atoms with Crippen LogP contribution in [0, 0.1) is 0 Å². The number of hydrogen-bond acceptors (Lipinski definition) is 3. The van der Waals surface area contributed by atoms with E-state index in [2.05, 4.69) is 30.4 Å². The van der Waals surface area contributed by atoms with Gasteiger partial charge >= 0.3 is 0 Å². The van der Waals surface area contributed by atoms with E-state index in [-0.39, 0.29) is 24.0 Å². The van der Waals surface area contributed by atoms with Crippen molar-refractivity contribution in [3.63, 3.8) is 0 Å². The van der Waals surface area contributed by atoms with Crippen molar-refractivity contribution in [2.75, 3.05) is 7.05 Å². The summed E-state index contributed by atoms with van der Waals surface area (Å²) in [5.41, 5.74) is 0.978. The van der Waals surface area contributed by atoms with Crippen LogP contribution in [0.25, 0.3) is 0 Å². The first-order chi connectivity index (χ1) is 11.1. The number of halogens is 3. The third-order valence-corrected chi connectivity index (χ3v) is 4.82. The predicted octanol–water partition coefficient (Wildman–Crippen LogP) is 2.35. The summed E-state index contributed by atoms with van der Waals surface area (Å²) < 4.78 is 4.01. The highest BCUT2D eigenvalue weighted by Gasteiger charge is 2.17. The van der Waals surface area contributed by atoms with E-state index in [0.717, 1.165) is 36.7 Å². The Balaban J connectivity index is 0.00000208. The Morgan fingerprint density at radius 3 is 2.71 bits per heavy atom. The largest absolute Gasteiger partial charge is 0.351 e. The van der Waals surface area contributed by atoms with Gasteiger partial charge in [-0.1, -0.05) is 23.2 Å². The minimum atomic E-state index is 0. The Kier molecular flexibility index (Phi) is 6.76. The minimum absolute atomic E-state index is 0. The molecule has 0 fully saturated rings. The maximum atomic E-state index is 6.07. The molecule has 7 nitrogen and oxygen atoms in total. The van der Waals surface area contributed by atoms with Gasteiger partial charge in [0.2, 0.25) is 0 Å². The first-order valence-electron chi connectivity index (χ1n) is 7.45.